The summed E-state index contributed by atoms with van der Waals surface area (Å²) in [6, 6.07) is 16.3. The number of rotatable bonds is 7. The fraction of sp³-hybridized carbons (Fsp3) is 0.143. The van der Waals surface area contributed by atoms with Crippen LogP contribution in [-0.2, 0) is 0 Å². The first-order valence-corrected chi connectivity index (χ1v) is 8.54. The van der Waals surface area contributed by atoms with Crippen molar-refractivity contribution in [1.29, 1.82) is 0 Å². The number of methoxy groups -OCH3 is 3. The quantitative estimate of drug-likeness (QED) is 0.643. The van der Waals surface area contributed by atoms with Gasteiger partial charge in [0.2, 0.25) is 5.75 Å². The molecule has 3 rings (SSSR count). The summed E-state index contributed by atoms with van der Waals surface area (Å²) in [6.07, 6.45) is 1.58. The molecule has 0 aliphatic heterocycles. The zero-order valence-electron chi connectivity index (χ0n) is 15.9. The van der Waals surface area contributed by atoms with Gasteiger partial charge in [0.05, 0.1) is 21.3 Å². The molecule has 0 unspecified atom stereocenters. The largest absolute Gasteiger partial charge is 0.493 e. The van der Waals surface area contributed by atoms with Crippen LogP contribution in [0, 0.1) is 0 Å². The summed E-state index contributed by atoms with van der Waals surface area (Å²) in [4.78, 5) is 16.9. The fourth-order valence-electron chi connectivity index (χ4n) is 2.67. The van der Waals surface area contributed by atoms with E-state index in [1.807, 2.05) is 30.3 Å². The number of aromatic nitrogens is 1. The van der Waals surface area contributed by atoms with Crippen LogP contribution in [0.25, 0.3) is 0 Å². The summed E-state index contributed by atoms with van der Waals surface area (Å²) in [5, 5.41) is 6.01. The van der Waals surface area contributed by atoms with E-state index in [4.69, 9.17) is 14.2 Å². The molecule has 1 aromatic heterocycles. The minimum Gasteiger partial charge on any atom is -0.493 e. The summed E-state index contributed by atoms with van der Waals surface area (Å²) in [7, 11) is 4.57. The topological polar surface area (TPSA) is 81.7 Å². The third kappa shape index (κ3) is 4.32. The van der Waals surface area contributed by atoms with Crippen molar-refractivity contribution >= 4 is 23.1 Å². The third-order valence-corrected chi connectivity index (χ3v) is 3.99. The van der Waals surface area contributed by atoms with Crippen LogP contribution in [0.4, 0.5) is 17.2 Å². The van der Waals surface area contributed by atoms with Gasteiger partial charge < -0.3 is 24.8 Å². The Morgan fingerprint density at radius 2 is 1.54 bits per heavy atom. The van der Waals surface area contributed by atoms with E-state index in [9.17, 15) is 4.79 Å². The number of nitrogens with zero attached hydrogens (tertiary/aromatic N) is 1. The molecule has 0 radical (unpaired) electrons. The zero-order valence-corrected chi connectivity index (χ0v) is 15.9. The highest BCUT2D eigenvalue weighted by atomic mass is 16.5. The Bertz CT molecular complexity index is 936. The number of ether oxygens (including phenoxy) is 3. The highest BCUT2D eigenvalue weighted by Crippen LogP contribution is 2.40. The molecule has 0 spiro atoms. The smallest absolute Gasteiger partial charge is 0.255 e. The molecule has 3 aromatic rings. The highest BCUT2D eigenvalue weighted by molar-refractivity contribution is 6.05. The van der Waals surface area contributed by atoms with Gasteiger partial charge in [-0.15, -0.1) is 0 Å². The average molecular weight is 379 g/mol. The molecule has 0 saturated heterocycles. The Hall–Kier alpha value is -3.74. The van der Waals surface area contributed by atoms with Gasteiger partial charge in [0, 0.05) is 35.3 Å². The van der Waals surface area contributed by atoms with Crippen LogP contribution in [0.5, 0.6) is 17.2 Å². The van der Waals surface area contributed by atoms with Gasteiger partial charge in [0.25, 0.3) is 5.91 Å². The Labute approximate surface area is 163 Å². The van der Waals surface area contributed by atoms with E-state index in [0.29, 0.717) is 34.3 Å². The molecule has 0 aliphatic rings. The number of pyridine rings is 1. The molecular formula is C21H21N3O4. The Morgan fingerprint density at radius 3 is 2.14 bits per heavy atom. The van der Waals surface area contributed by atoms with Crippen molar-refractivity contribution in [2.75, 3.05) is 32.0 Å². The molecule has 1 amide bonds. The maximum Gasteiger partial charge on any atom is 0.255 e. The lowest BCUT2D eigenvalue weighted by Gasteiger charge is -2.14. The van der Waals surface area contributed by atoms with Gasteiger partial charge in [-0.1, -0.05) is 18.2 Å². The Morgan fingerprint density at radius 1 is 0.857 bits per heavy atom. The molecule has 0 aliphatic carbocycles. The first kappa shape index (κ1) is 19.0. The van der Waals surface area contributed by atoms with Crippen molar-refractivity contribution in [2.24, 2.45) is 0 Å². The van der Waals surface area contributed by atoms with Crippen molar-refractivity contribution in [3.63, 3.8) is 0 Å². The molecule has 1 heterocycles. The zero-order chi connectivity index (χ0) is 19.9. The number of hydrogen-bond acceptors (Lipinski definition) is 6. The lowest BCUT2D eigenvalue weighted by Crippen LogP contribution is -2.13. The van der Waals surface area contributed by atoms with E-state index in [1.54, 1.807) is 30.5 Å². The van der Waals surface area contributed by atoms with Gasteiger partial charge in [-0.25, -0.2) is 4.98 Å². The van der Waals surface area contributed by atoms with Crippen LogP contribution in [0.3, 0.4) is 0 Å². The van der Waals surface area contributed by atoms with Crippen LogP contribution in [0.1, 0.15) is 10.4 Å². The number of benzene rings is 2. The van der Waals surface area contributed by atoms with Gasteiger partial charge in [-0.3, -0.25) is 4.79 Å². The minimum absolute atomic E-state index is 0.284. The van der Waals surface area contributed by atoms with Crippen molar-refractivity contribution in [1.82, 2.24) is 4.98 Å². The van der Waals surface area contributed by atoms with Crippen LogP contribution in [0.15, 0.2) is 60.8 Å². The molecule has 28 heavy (non-hydrogen) atoms. The second kappa shape index (κ2) is 8.77. The molecule has 7 heteroatoms. The molecule has 2 N–H and O–H groups in total. The van der Waals surface area contributed by atoms with Crippen molar-refractivity contribution in [3.8, 4) is 17.2 Å². The van der Waals surface area contributed by atoms with Crippen LogP contribution in [0.2, 0.25) is 0 Å². The lowest BCUT2D eigenvalue weighted by atomic mass is 10.2. The number of para-hydroxylation sites is 1. The van der Waals surface area contributed by atoms with E-state index in [-0.39, 0.29) is 5.91 Å². The molecule has 0 fully saturated rings. The van der Waals surface area contributed by atoms with Crippen molar-refractivity contribution < 1.29 is 19.0 Å². The molecular weight excluding hydrogens is 358 g/mol. The first-order valence-electron chi connectivity index (χ1n) is 8.54. The number of carbonyl (C=O) groups is 1. The highest BCUT2D eigenvalue weighted by Gasteiger charge is 2.15. The molecule has 0 bridgehead atoms. The van der Waals surface area contributed by atoms with E-state index in [1.165, 1.54) is 21.3 Å². The van der Waals surface area contributed by atoms with Gasteiger partial charge in [0.15, 0.2) is 11.5 Å². The fourth-order valence-corrected chi connectivity index (χ4v) is 2.67. The lowest BCUT2D eigenvalue weighted by molar-refractivity contribution is 0.102. The third-order valence-electron chi connectivity index (χ3n) is 3.99. The van der Waals surface area contributed by atoms with E-state index >= 15 is 0 Å². The number of amides is 1. The molecule has 144 valence electrons. The predicted molar refractivity (Wildman–Crippen MR) is 108 cm³/mol. The first-order chi connectivity index (χ1) is 13.6. The summed E-state index contributed by atoms with van der Waals surface area (Å²) >= 11 is 0. The molecule has 7 nitrogen and oxygen atoms in total. The van der Waals surface area contributed by atoms with Crippen molar-refractivity contribution in [3.05, 3.63) is 66.4 Å². The minimum atomic E-state index is -0.284. The summed E-state index contributed by atoms with van der Waals surface area (Å²) in [5.41, 5.74) is 1.87. The van der Waals surface area contributed by atoms with Crippen LogP contribution < -0.4 is 24.8 Å². The summed E-state index contributed by atoms with van der Waals surface area (Å²) in [6.45, 7) is 0. The van der Waals surface area contributed by atoms with Gasteiger partial charge in [-0.05, 0) is 24.3 Å². The maximum atomic E-state index is 12.7. The average Bonchev–Trinajstić information content (AvgIpc) is 2.73. The van der Waals surface area contributed by atoms with Gasteiger partial charge in [-0.2, -0.15) is 0 Å². The molecule has 0 atom stereocenters. The number of carbonyl (C=O) groups excluding carboxylic acids is 1. The summed E-state index contributed by atoms with van der Waals surface area (Å²) in [5.74, 6) is 1.66. The number of nitrogens with one attached hydrogen (secondary N) is 2. The Balaban J connectivity index is 1.81. The van der Waals surface area contributed by atoms with Gasteiger partial charge >= 0.3 is 0 Å². The normalized spacial score (nSPS) is 10.1. The second-order valence-corrected chi connectivity index (χ2v) is 5.79. The van der Waals surface area contributed by atoms with Crippen LogP contribution in [-0.4, -0.2) is 32.2 Å². The van der Waals surface area contributed by atoms with E-state index in [2.05, 4.69) is 15.6 Å². The van der Waals surface area contributed by atoms with E-state index in [0.717, 1.165) is 5.69 Å². The predicted octanol–water partition coefficient (Wildman–Crippen LogP) is 4.10. The number of hydrogen-bond donors (Lipinski definition) is 2. The molecule has 2 aromatic carbocycles. The SMILES string of the molecule is COc1cc(NC(=O)c2ccnc(Nc3ccccc3)c2)cc(OC)c1OC. The maximum absolute atomic E-state index is 12.7. The van der Waals surface area contributed by atoms with Crippen molar-refractivity contribution in [2.45, 2.75) is 0 Å². The number of anilines is 3. The van der Waals surface area contributed by atoms with E-state index < -0.39 is 0 Å². The second-order valence-electron chi connectivity index (χ2n) is 5.79. The summed E-state index contributed by atoms with van der Waals surface area (Å²) < 4.78 is 15.9. The monoisotopic (exact) mass is 379 g/mol. The molecule has 0 saturated carbocycles. The van der Waals surface area contributed by atoms with Crippen LogP contribution >= 0.6 is 0 Å². The van der Waals surface area contributed by atoms with Gasteiger partial charge in [0.1, 0.15) is 5.82 Å². The standard InChI is InChI=1S/C21H21N3O4/c1-26-17-12-16(13-18(27-2)20(17)28-3)24-21(25)14-9-10-22-19(11-14)23-15-7-5-4-6-8-15/h4-13H,1-3H3,(H,22,23)(H,24,25). The Kier molecular flexibility index (Phi) is 5.96.